The number of hydrogen-bond acceptors (Lipinski definition) is 2. The zero-order valence-electron chi connectivity index (χ0n) is 8.03. The molecular weight excluding hydrogens is 181 g/mol. The lowest BCUT2D eigenvalue weighted by Gasteiger charge is -2.09. The van der Waals surface area contributed by atoms with Crippen molar-refractivity contribution in [1.82, 2.24) is 4.98 Å². The van der Waals surface area contributed by atoms with Crippen LogP contribution in [0.1, 0.15) is 25.0 Å². The first-order valence-electron chi connectivity index (χ1n) is 4.38. The Morgan fingerprint density at radius 3 is 2.93 bits per heavy atom. The number of carbonyl (C=O) groups excluding carboxylic acids is 1. The van der Waals surface area contributed by atoms with Gasteiger partial charge in [-0.1, -0.05) is 13.5 Å². The molecule has 1 atom stereocenters. The summed E-state index contributed by atoms with van der Waals surface area (Å²) in [4.78, 5) is 14.3. The summed E-state index contributed by atoms with van der Waals surface area (Å²) in [5.74, 6) is -0.261. The zero-order chi connectivity index (χ0) is 10.6. The average molecular weight is 193 g/mol. The standard InChI is InChI=1S/C11H12FNO/c1-8(7-14)5-9(2)11-4-3-10(12)6-13-11/h3-4,6-7,9H,1,5H2,2H3. The molecule has 1 rings (SSSR count). The van der Waals surface area contributed by atoms with E-state index < -0.39 is 0 Å². The fraction of sp³-hybridized carbons (Fsp3) is 0.273. The molecule has 0 amide bonds. The minimum Gasteiger partial charge on any atom is -0.298 e. The predicted octanol–water partition coefficient (Wildman–Crippen LogP) is 2.47. The quantitative estimate of drug-likeness (QED) is 0.543. The number of aldehydes is 1. The smallest absolute Gasteiger partial charge is 0.145 e. The van der Waals surface area contributed by atoms with Crippen LogP contribution in [0.15, 0.2) is 30.5 Å². The highest BCUT2D eigenvalue weighted by Gasteiger charge is 2.08. The Bertz CT molecular complexity index is 332. The van der Waals surface area contributed by atoms with Gasteiger partial charge in [0.15, 0.2) is 0 Å². The third-order valence-electron chi connectivity index (χ3n) is 1.99. The number of aromatic nitrogens is 1. The van der Waals surface area contributed by atoms with Crippen molar-refractivity contribution in [3.63, 3.8) is 0 Å². The van der Waals surface area contributed by atoms with Crippen LogP contribution in [0.5, 0.6) is 0 Å². The van der Waals surface area contributed by atoms with Crippen molar-refractivity contribution in [3.8, 4) is 0 Å². The molecule has 1 aromatic rings. The van der Waals surface area contributed by atoms with Crippen molar-refractivity contribution in [2.45, 2.75) is 19.3 Å². The van der Waals surface area contributed by atoms with Crippen LogP contribution in [0.3, 0.4) is 0 Å². The first kappa shape index (κ1) is 10.6. The minimum absolute atomic E-state index is 0.0910. The van der Waals surface area contributed by atoms with Crippen LogP contribution in [0.2, 0.25) is 0 Å². The Kier molecular flexibility index (Phi) is 3.51. The first-order chi connectivity index (χ1) is 6.63. The van der Waals surface area contributed by atoms with Gasteiger partial charge in [0.2, 0.25) is 0 Å². The molecule has 1 aromatic heterocycles. The van der Waals surface area contributed by atoms with Crippen molar-refractivity contribution in [2.75, 3.05) is 0 Å². The third-order valence-corrected chi connectivity index (χ3v) is 1.99. The van der Waals surface area contributed by atoms with Crippen LogP contribution in [-0.2, 0) is 4.79 Å². The Morgan fingerprint density at radius 1 is 1.71 bits per heavy atom. The largest absolute Gasteiger partial charge is 0.298 e. The molecule has 0 aliphatic heterocycles. The van der Waals surface area contributed by atoms with Crippen molar-refractivity contribution in [3.05, 3.63) is 42.0 Å². The maximum absolute atomic E-state index is 12.5. The van der Waals surface area contributed by atoms with E-state index in [1.165, 1.54) is 12.3 Å². The molecule has 3 heteroatoms. The molecule has 1 heterocycles. The Hall–Kier alpha value is -1.51. The van der Waals surface area contributed by atoms with Crippen LogP contribution in [0.25, 0.3) is 0 Å². The van der Waals surface area contributed by atoms with Gasteiger partial charge in [0.05, 0.1) is 6.20 Å². The van der Waals surface area contributed by atoms with E-state index in [4.69, 9.17) is 0 Å². The minimum atomic E-state index is -0.352. The van der Waals surface area contributed by atoms with E-state index in [2.05, 4.69) is 11.6 Å². The van der Waals surface area contributed by atoms with Crippen molar-refractivity contribution >= 4 is 6.29 Å². The molecule has 0 saturated heterocycles. The topological polar surface area (TPSA) is 30.0 Å². The summed E-state index contributed by atoms with van der Waals surface area (Å²) in [6.45, 7) is 5.51. The summed E-state index contributed by atoms with van der Waals surface area (Å²) in [5.41, 5.74) is 1.30. The lowest BCUT2D eigenvalue weighted by atomic mass is 9.99. The molecule has 0 aliphatic carbocycles. The van der Waals surface area contributed by atoms with E-state index in [0.29, 0.717) is 12.0 Å². The molecule has 74 valence electrons. The van der Waals surface area contributed by atoms with Crippen molar-refractivity contribution in [2.24, 2.45) is 0 Å². The highest BCUT2D eigenvalue weighted by atomic mass is 19.1. The lowest BCUT2D eigenvalue weighted by molar-refractivity contribution is -0.105. The molecule has 14 heavy (non-hydrogen) atoms. The van der Waals surface area contributed by atoms with Crippen molar-refractivity contribution in [1.29, 1.82) is 0 Å². The molecular formula is C11H12FNO. The summed E-state index contributed by atoms with van der Waals surface area (Å²) in [6, 6.07) is 2.99. The maximum atomic E-state index is 12.5. The highest BCUT2D eigenvalue weighted by molar-refractivity contribution is 5.72. The molecule has 0 bridgehead atoms. The van der Waals surface area contributed by atoms with Gasteiger partial charge in [0.25, 0.3) is 0 Å². The third kappa shape index (κ3) is 2.76. The fourth-order valence-corrected chi connectivity index (χ4v) is 1.22. The Balaban J connectivity index is 2.69. The number of nitrogens with zero attached hydrogens (tertiary/aromatic N) is 1. The number of hydrogen-bond donors (Lipinski definition) is 0. The number of allylic oxidation sites excluding steroid dienone is 1. The van der Waals surface area contributed by atoms with Gasteiger partial charge >= 0.3 is 0 Å². The summed E-state index contributed by atoms with van der Waals surface area (Å²) >= 11 is 0. The summed E-state index contributed by atoms with van der Waals surface area (Å²) in [6.07, 6.45) is 2.47. The number of pyridine rings is 1. The normalized spacial score (nSPS) is 12.1. The van der Waals surface area contributed by atoms with Gasteiger partial charge in [-0.05, 0) is 24.1 Å². The highest BCUT2D eigenvalue weighted by Crippen LogP contribution is 2.19. The number of halogens is 1. The lowest BCUT2D eigenvalue weighted by Crippen LogP contribution is -1.99. The van der Waals surface area contributed by atoms with E-state index in [9.17, 15) is 9.18 Å². The molecule has 0 aliphatic rings. The SMILES string of the molecule is C=C(C=O)CC(C)c1ccc(F)cn1. The monoisotopic (exact) mass is 193 g/mol. The molecule has 2 nitrogen and oxygen atoms in total. The first-order valence-corrected chi connectivity index (χ1v) is 4.38. The second kappa shape index (κ2) is 4.65. The fourth-order valence-electron chi connectivity index (χ4n) is 1.22. The molecule has 0 fully saturated rings. The van der Waals surface area contributed by atoms with E-state index in [-0.39, 0.29) is 11.7 Å². The van der Waals surface area contributed by atoms with Crippen LogP contribution < -0.4 is 0 Å². The molecule has 0 aromatic carbocycles. The van der Waals surface area contributed by atoms with Gasteiger partial charge in [0, 0.05) is 11.6 Å². The summed E-state index contributed by atoms with van der Waals surface area (Å²) < 4.78 is 12.5. The number of carbonyl (C=O) groups is 1. The van der Waals surface area contributed by atoms with Crippen molar-refractivity contribution < 1.29 is 9.18 Å². The molecule has 0 spiro atoms. The zero-order valence-corrected chi connectivity index (χ0v) is 8.03. The van der Waals surface area contributed by atoms with Crippen LogP contribution in [-0.4, -0.2) is 11.3 Å². The van der Waals surface area contributed by atoms with E-state index in [0.717, 1.165) is 12.0 Å². The van der Waals surface area contributed by atoms with Crippen LogP contribution in [0, 0.1) is 5.82 Å². The molecule has 1 unspecified atom stereocenters. The van der Waals surface area contributed by atoms with E-state index >= 15 is 0 Å². The van der Waals surface area contributed by atoms with Gasteiger partial charge in [-0.25, -0.2) is 4.39 Å². The number of rotatable bonds is 4. The van der Waals surface area contributed by atoms with Gasteiger partial charge < -0.3 is 0 Å². The predicted molar refractivity (Wildman–Crippen MR) is 52.4 cm³/mol. The Morgan fingerprint density at radius 2 is 2.43 bits per heavy atom. The van der Waals surface area contributed by atoms with Gasteiger partial charge in [-0.3, -0.25) is 9.78 Å². The second-order valence-corrected chi connectivity index (χ2v) is 3.28. The maximum Gasteiger partial charge on any atom is 0.145 e. The summed E-state index contributed by atoms with van der Waals surface area (Å²) in [7, 11) is 0. The average Bonchev–Trinajstić information content (AvgIpc) is 2.18. The van der Waals surface area contributed by atoms with E-state index in [1.54, 1.807) is 6.07 Å². The van der Waals surface area contributed by atoms with Gasteiger partial charge in [-0.15, -0.1) is 0 Å². The molecule has 0 saturated carbocycles. The molecule has 0 radical (unpaired) electrons. The van der Waals surface area contributed by atoms with E-state index in [1.807, 2.05) is 6.92 Å². The summed E-state index contributed by atoms with van der Waals surface area (Å²) in [5, 5.41) is 0. The van der Waals surface area contributed by atoms with Gasteiger partial charge in [0.1, 0.15) is 12.1 Å². The second-order valence-electron chi connectivity index (χ2n) is 3.28. The Labute approximate surface area is 82.5 Å². The van der Waals surface area contributed by atoms with Crippen LogP contribution >= 0.6 is 0 Å². The van der Waals surface area contributed by atoms with Gasteiger partial charge in [-0.2, -0.15) is 0 Å². The molecule has 0 N–H and O–H groups in total. The van der Waals surface area contributed by atoms with Crippen LogP contribution in [0.4, 0.5) is 4.39 Å².